The maximum absolute atomic E-state index is 13.1. The molecule has 7 heteroatoms. The number of amides is 1. The lowest BCUT2D eigenvalue weighted by Gasteiger charge is -2.23. The van der Waals surface area contributed by atoms with Gasteiger partial charge in [0.25, 0.3) is 0 Å². The summed E-state index contributed by atoms with van der Waals surface area (Å²) in [5.74, 6) is -0.355. The lowest BCUT2D eigenvalue weighted by atomic mass is 9.84. The SMILES string of the molecule is CC(C)(C(=O)Nc1ncn(Cc2ccc(Br)cc2)n1)c1ccc(F)cc1. The number of halogens is 2. The third kappa shape index (κ3) is 4.16. The quantitative estimate of drug-likeness (QED) is 0.679. The second-order valence-electron chi connectivity index (χ2n) is 6.48. The van der Waals surface area contributed by atoms with Crippen LogP contribution in [0, 0.1) is 5.82 Å². The molecule has 26 heavy (non-hydrogen) atoms. The molecule has 3 aromatic rings. The minimum atomic E-state index is -0.842. The third-order valence-electron chi connectivity index (χ3n) is 4.15. The van der Waals surface area contributed by atoms with E-state index in [9.17, 15) is 9.18 Å². The van der Waals surface area contributed by atoms with Crippen LogP contribution in [-0.2, 0) is 16.8 Å². The number of hydrogen-bond donors (Lipinski definition) is 1. The Morgan fingerprint density at radius 1 is 1.15 bits per heavy atom. The van der Waals surface area contributed by atoms with Crippen molar-refractivity contribution >= 4 is 27.8 Å². The second-order valence-corrected chi connectivity index (χ2v) is 7.39. The summed E-state index contributed by atoms with van der Waals surface area (Å²) in [6.07, 6.45) is 1.57. The van der Waals surface area contributed by atoms with Crippen LogP contribution in [0.2, 0.25) is 0 Å². The van der Waals surface area contributed by atoms with Crippen molar-refractivity contribution in [2.45, 2.75) is 25.8 Å². The molecule has 0 atom stereocenters. The average Bonchev–Trinajstić information content (AvgIpc) is 3.04. The van der Waals surface area contributed by atoms with Gasteiger partial charge in [-0.3, -0.25) is 10.1 Å². The van der Waals surface area contributed by atoms with Gasteiger partial charge >= 0.3 is 0 Å². The molecule has 2 aromatic carbocycles. The van der Waals surface area contributed by atoms with Crippen LogP contribution in [0.1, 0.15) is 25.0 Å². The highest BCUT2D eigenvalue weighted by molar-refractivity contribution is 9.10. The summed E-state index contributed by atoms with van der Waals surface area (Å²) >= 11 is 3.40. The van der Waals surface area contributed by atoms with Crippen LogP contribution in [0.4, 0.5) is 10.3 Å². The molecule has 1 amide bonds. The van der Waals surface area contributed by atoms with Crippen molar-refractivity contribution in [2.24, 2.45) is 0 Å². The van der Waals surface area contributed by atoms with Crippen molar-refractivity contribution in [3.63, 3.8) is 0 Å². The van der Waals surface area contributed by atoms with Crippen LogP contribution in [0.3, 0.4) is 0 Å². The van der Waals surface area contributed by atoms with Crippen LogP contribution in [0.25, 0.3) is 0 Å². The normalized spacial score (nSPS) is 11.4. The van der Waals surface area contributed by atoms with Gasteiger partial charge in [-0.25, -0.2) is 14.1 Å². The third-order valence-corrected chi connectivity index (χ3v) is 4.68. The summed E-state index contributed by atoms with van der Waals surface area (Å²) in [6, 6.07) is 13.8. The predicted octanol–water partition coefficient (Wildman–Crippen LogP) is 4.14. The Hall–Kier alpha value is -2.54. The van der Waals surface area contributed by atoms with Gasteiger partial charge in [0.05, 0.1) is 12.0 Å². The smallest absolute Gasteiger partial charge is 0.248 e. The zero-order valence-corrected chi connectivity index (χ0v) is 16.0. The number of carbonyl (C=O) groups is 1. The van der Waals surface area contributed by atoms with E-state index in [2.05, 4.69) is 31.3 Å². The minimum absolute atomic E-state index is 0.238. The van der Waals surface area contributed by atoms with E-state index in [1.807, 2.05) is 24.3 Å². The Bertz CT molecular complexity index is 904. The van der Waals surface area contributed by atoms with Crippen molar-refractivity contribution in [3.8, 4) is 0 Å². The molecule has 3 rings (SSSR count). The highest BCUT2D eigenvalue weighted by atomic mass is 79.9. The maximum Gasteiger partial charge on any atom is 0.248 e. The van der Waals surface area contributed by atoms with Crippen molar-refractivity contribution in [1.29, 1.82) is 0 Å². The van der Waals surface area contributed by atoms with Crippen molar-refractivity contribution in [3.05, 3.63) is 76.3 Å². The van der Waals surface area contributed by atoms with E-state index in [1.54, 1.807) is 37.0 Å². The molecule has 0 unspecified atom stereocenters. The van der Waals surface area contributed by atoms with Crippen LogP contribution >= 0.6 is 15.9 Å². The van der Waals surface area contributed by atoms with Crippen molar-refractivity contribution in [1.82, 2.24) is 14.8 Å². The molecular formula is C19H18BrFN4O. The molecule has 0 spiro atoms. The number of aromatic nitrogens is 3. The molecule has 5 nitrogen and oxygen atoms in total. The van der Waals surface area contributed by atoms with Gasteiger partial charge in [0.15, 0.2) is 0 Å². The van der Waals surface area contributed by atoms with Gasteiger partial charge in [0.1, 0.15) is 12.1 Å². The summed E-state index contributed by atoms with van der Waals surface area (Å²) < 4.78 is 15.8. The zero-order chi connectivity index (χ0) is 18.7. The van der Waals surface area contributed by atoms with E-state index in [1.165, 1.54) is 12.1 Å². The Kier molecular flexibility index (Phi) is 5.18. The first kappa shape index (κ1) is 18.3. The molecular weight excluding hydrogens is 399 g/mol. The number of hydrogen-bond acceptors (Lipinski definition) is 3. The monoisotopic (exact) mass is 416 g/mol. The van der Waals surface area contributed by atoms with E-state index < -0.39 is 5.41 Å². The van der Waals surface area contributed by atoms with Gasteiger partial charge in [0, 0.05) is 4.47 Å². The van der Waals surface area contributed by atoms with Gasteiger partial charge in [-0.2, -0.15) is 0 Å². The number of nitrogens with zero attached hydrogens (tertiary/aromatic N) is 3. The number of benzene rings is 2. The summed E-state index contributed by atoms with van der Waals surface area (Å²) in [4.78, 5) is 16.8. The molecule has 134 valence electrons. The fraction of sp³-hybridized carbons (Fsp3) is 0.211. The van der Waals surface area contributed by atoms with Crippen molar-refractivity contribution < 1.29 is 9.18 Å². The maximum atomic E-state index is 13.1. The minimum Gasteiger partial charge on any atom is -0.292 e. The van der Waals surface area contributed by atoms with E-state index >= 15 is 0 Å². The summed E-state index contributed by atoms with van der Waals surface area (Å²) in [7, 11) is 0. The Balaban J connectivity index is 1.68. The van der Waals surface area contributed by atoms with E-state index in [0.29, 0.717) is 12.1 Å². The summed E-state index contributed by atoms with van der Waals surface area (Å²) in [6.45, 7) is 4.10. The Morgan fingerprint density at radius 2 is 1.81 bits per heavy atom. The van der Waals surface area contributed by atoms with Crippen LogP contribution in [0.5, 0.6) is 0 Å². The molecule has 0 aliphatic carbocycles. The first-order valence-corrected chi connectivity index (χ1v) is 8.85. The second kappa shape index (κ2) is 7.37. The molecule has 0 radical (unpaired) electrons. The largest absolute Gasteiger partial charge is 0.292 e. The standard InChI is InChI=1S/C19H18BrFN4O/c1-19(2,14-5-9-16(21)10-6-14)17(26)23-18-22-12-25(24-18)11-13-3-7-15(20)8-4-13/h3-10,12H,11H2,1-2H3,(H,23,24,26). The number of nitrogens with one attached hydrogen (secondary N) is 1. The summed E-state index contributed by atoms with van der Waals surface area (Å²) in [5, 5.41) is 7.02. The van der Waals surface area contributed by atoms with E-state index in [-0.39, 0.29) is 17.7 Å². The average molecular weight is 417 g/mol. The first-order chi connectivity index (χ1) is 12.3. The van der Waals surface area contributed by atoms with Gasteiger partial charge in [-0.15, -0.1) is 5.10 Å². The lowest BCUT2D eigenvalue weighted by Crippen LogP contribution is -2.35. The molecule has 0 saturated carbocycles. The van der Waals surface area contributed by atoms with Crippen LogP contribution in [-0.4, -0.2) is 20.7 Å². The van der Waals surface area contributed by atoms with Gasteiger partial charge in [0.2, 0.25) is 11.9 Å². The fourth-order valence-electron chi connectivity index (χ4n) is 2.46. The predicted molar refractivity (Wildman–Crippen MR) is 101 cm³/mol. The van der Waals surface area contributed by atoms with Gasteiger partial charge in [-0.05, 0) is 49.2 Å². The van der Waals surface area contributed by atoms with E-state index in [4.69, 9.17) is 0 Å². The molecule has 0 saturated heterocycles. The lowest BCUT2D eigenvalue weighted by molar-refractivity contribution is -0.120. The van der Waals surface area contributed by atoms with Crippen molar-refractivity contribution in [2.75, 3.05) is 5.32 Å². The fourth-order valence-corrected chi connectivity index (χ4v) is 2.72. The number of anilines is 1. The molecule has 0 bridgehead atoms. The summed E-state index contributed by atoms with van der Waals surface area (Å²) in [5.41, 5.74) is 0.943. The van der Waals surface area contributed by atoms with Gasteiger partial charge in [-0.1, -0.05) is 40.2 Å². The molecule has 1 aromatic heterocycles. The van der Waals surface area contributed by atoms with E-state index in [0.717, 1.165) is 10.0 Å². The highest BCUT2D eigenvalue weighted by Crippen LogP contribution is 2.24. The number of carbonyl (C=O) groups excluding carboxylic acids is 1. The van der Waals surface area contributed by atoms with Crippen LogP contribution < -0.4 is 5.32 Å². The Labute approximate surface area is 159 Å². The zero-order valence-electron chi connectivity index (χ0n) is 14.4. The Morgan fingerprint density at radius 3 is 2.46 bits per heavy atom. The van der Waals surface area contributed by atoms with Crippen LogP contribution in [0.15, 0.2) is 59.3 Å². The van der Waals surface area contributed by atoms with Gasteiger partial charge < -0.3 is 0 Å². The molecule has 1 N–H and O–H groups in total. The molecule has 0 aliphatic rings. The molecule has 1 heterocycles. The number of rotatable bonds is 5. The highest BCUT2D eigenvalue weighted by Gasteiger charge is 2.30. The molecule has 0 fully saturated rings. The molecule has 0 aliphatic heterocycles. The first-order valence-electron chi connectivity index (χ1n) is 8.06. The topological polar surface area (TPSA) is 59.8 Å².